The van der Waals surface area contributed by atoms with Crippen molar-refractivity contribution >= 4 is 16.6 Å². The van der Waals surface area contributed by atoms with Gasteiger partial charge in [-0.3, -0.25) is 0 Å². The van der Waals surface area contributed by atoms with Crippen LogP contribution in [0, 0.1) is 0 Å². The predicted molar refractivity (Wildman–Crippen MR) is 107 cm³/mol. The molecule has 0 bridgehead atoms. The lowest BCUT2D eigenvalue weighted by Gasteiger charge is -2.31. The summed E-state index contributed by atoms with van der Waals surface area (Å²) in [4.78, 5) is 0. The van der Waals surface area contributed by atoms with Gasteiger partial charge in [0.05, 0.1) is 7.11 Å². The van der Waals surface area contributed by atoms with Crippen molar-refractivity contribution in [2.24, 2.45) is 0 Å². The Balaban J connectivity index is 2.06. The molecule has 0 amide bonds. The van der Waals surface area contributed by atoms with E-state index in [1.165, 1.54) is 0 Å². The fourth-order valence-electron chi connectivity index (χ4n) is 2.55. The Kier molecular flexibility index (Phi) is 6.32. The number of methoxy groups -OCH3 is 1. The van der Waals surface area contributed by atoms with Gasteiger partial charge < -0.3 is 18.3 Å². The van der Waals surface area contributed by atoms with Crippen LogP contribution in [0.4, 0.5) is 0 Å². The summed E-state index contributed by atoms with van der Waals surface area (Å²) in [6.07, 6.45) is 0.610. The van der Waals surface area contributed by atoms with Gasteiger partial charge in [0.1, 0.15) is 17.7 Å². The van der Waals surface area contributed by atoms with Gasteiger partial charge in [0.2, 0.25) is 8.32 Å². The van der Waals surface area contributed by atoms with Crippen LogP contribution in [0.2, 0.25) is 32.7 Å². The fraction of sp³-hybridized carbons (Fsp3) is 0.368. The third kappa shape index (κ3) is 6.57. The van der Waals surface area contributed by atoms with Crippen molar-refractivity contribution in [1.29, 1.82) is 0 Å². The van der Waals surface area contributed by atoms with E-state index < -0.39 is 16.6 Å². The highest BCUT2D eigenvalue weighted by atomic mass is 28.4. The first-order chi connectivity index (χ1) is 11.7. The number of para-hydroxylation sites is 1. The van der Waals surface area contributed by atoms with Crippen molar-refractivity contribution in [3.63, 3.8) is 0 Å². The molecule has 0 atom stereocenters. The van der Waals surface area contributed by atoms with Crippen LogP contribution in [0.5, 0.6) is 23.0 Å². The molecule has 0 aliphatic rings. The van der Waals surface area contributed by atoms with Gasteiger partial charge in [-0.15, -0.1) is 0 Å². The van der Waals surface area contributed by atoms with Crippen molar-refractivity contribution in [2.75, 3.05) is 13.3 Å². The first kappa shape index (κ1) is 19.6. The number of ether oxygens (including phenoxy) is 3. The molecule has 0 spiro atoms. The molecule has 0 radical (unpaired) electrons. The van der Waals surface area contributed by atoms with Gasteiger partial charge in [-0.05, 0) is 57.0 Å². The SMILES string of the molecule is COc1cc(OC[Si](C)(C)O[Si](C)(C)C)ccc1Oc1ccccc1. The molecule has 0 unspecified atom stereocenters. The summed E-state index contributed by atoms with van der Waals surface area (Å²) < 4.78 is 23.6. The Morgan fingerprint density at radius 1 is 0.800 bits per heavy atom. The van der Waals surface area contributed by atoms with Crippen LogP contribution in [0.1, 0.15) is 0 Å². The summed E-state index contributed by atoms with van der Waals surface area (Å²) in [6.45, 7) is 11.0. The number of rotatable bonds is 8. The maximum absolute atomic E-state index is 6.30. The lowest BCUT2D eigenvalue weighted by molar-refractivity contribution is 0.342. The maximum atomic E-state index is 6.30. The molecule has 136 valence electrons. The van der Waals surface area contributed by atoms with E-state index in [9.17, 15) is 0 Å². The Hall–Kier alpha value is -1.77. The fourth-order valence-corrected chi connectivity index (χ4v) is 9.93. The predicted octanol–water partition coefficient (Wildman–Crippen LogP) is 5.46. The molecule has 25 heavy (non-hydrogen) atoms. The molecule has 0 heterocycles. The molecular weight excluding hydrogens is 348 g/mol. The Labute approximate surface area is 153 Å². The smallest absolute Gasteiger partial charge is 0.213 e. The Morgan fingerprint density at radius 2 is 1.48 bits per heavy atom. The van der Waals surface area contributed by atoms with Crippen molar-refractivity contribution in [2.45, 2.75) is 32.7 Å². The number of hydrogen-bond acceptors (Lipinski definition) is 4. The molecule has 2 aromatic carbocycles. The molecule has 6 heteroatoms. The van der Waals surface area contributed by atoms with Crippen LogP contribution in [0.3, 0.4) is 0 Å². The quantitative estimate of drug-likeness (QED) is 0.573. The molecule has 0 N–H and O–H groups in total. The Bertz CT molecular complexity index is 682. The van der Waals surface area contributed by atoms with E-state index in [1.807, 2.05) is 48.5 Å². The van der Waals surface area contributed by atoms with E-state index in [-0.39, 0.29) is 0 Å². The highest BCUT2D eigenvalue weighted by molar-refractivity contribution is 6.84. The second-order valence-corrected chi connectivity index (χ2v) is 16.3. The highest BCUT2D eigenvalue weighted by Gasteiger charge is 2.30. The summed E-state index contributed by atoms with van der Waals surface area (Å²) in [6, 6.07) is 15.3. The van der Waals surface area contributed by atoms with Gasteiger partial charge in [-0.1, -0.05) is 18.2 Å². The number of benzene rings is 2. The summed E-state index contributed by atoms with van der Waals surface area (Å²) in [5, 5.41) is 0. The van der Waals surface area contributed by atoms with Crippen LogP contribution < -0.4 is 14.2 Å². The van der Waals surface area contributed by atoms with Gasteiger partial charge >= 0.3 is 0 Å². The van der Waals surface area contributed by atoms with Crippen LogP contribution in [-0.2, 0) is 4.12 Å². The zero-order valence-electron chi connectivity index (χ0n) is 16.0. The topological polar surface area (TPSA) is 36.9 Å². The standard InChI is InChI=1S/C19H28O4Si2/c1-20-19-14-17(21-15-25(5,6)23-24(2,3)4)12-13-18(19)22-16-10-8-7-9-11-16/h7-14H,15H2,1-6H3. The minimum atomic E-state index is -1.86. The van der Waals surface area contributed by atoms with Crippen molar-refractivity contribution in [3.05, 3.63) is 48.5 Å². The van der Waals surface area contributed by atoms with E-state index in [1.54, 1.807) is 7.11 Å². The van der Waals surface area contributed by atoms with Crippen molar-refractivity contribution in [3.8, 4) is 23.0 Å². The highest BCUT2D eigenvalue weighted by Crippen LogP contribution is 2.34. The largest absolute Gasteiger partial charge is 0.494 e. The maximum Gasteiger partial charge on any atom is 0.213 e. The van der Waals surface area contributed by atoms with Gasteiger partial charge in [0, 0.05) is 6.07 Å². The molecular formula is C19H28O4Si2. The first-order valence-electron chi connectivity index (χ1n) is 8.42. The van der Waals surface area contributed by atoms with Crippen LogP contribution >= 0.6 is 0 Å². The average molecular weight is 377 g/mol. The van der Waals surface area contributed by atoms with Gasteiger partial charge in [0.15, 0.2) is 19.8 Å². The first-order valence-corrected chi connectivity index (χ1v) is 14.9. The lowest BCUT2D eigenvalue weighted by Crippen LogP contribution is -2.46. The zero-order chi connectivity index (χ0) is 18.5. The molecule has 0 saturated heterocycles. The molecule has 2 rings (SSSR count). The third-order valence-electron chi connectivity index (χ3n) is 3.28. The summed E-state index contributed by atoms with van der Waals surface area (Å²) >= 11 is 0. The molecule has 4 nitrogen and oxygen atoms in total. The van der Waals surface area contributed by atoms with Crippen molar-refractivity contribution in [1.82, 2.24) is 0 Å². The molecule has 0 aliphatic carbocycles. The summed E-state index contributed by atoms with van der Waals surface area (Å²) in [5.74, 6) is 2.84. The monoisotopic (exact) mass is 376 g/mol. The molecule has 0 fully saturated rings. The average Bonchev–Trinajstić information content (AvgIpc) is 2.52. The zero-order valence-corrected chi connectivity index (χ0v) is 18.0. The lowest BCUT2D eigenvalue weighted by atomic mass is 10.3. The van der Waals surface area contributed by atoms with Gasteiger partial charge in [-0.25, -0.2) is 0 Å². The third-order valence-corrected chi connectivity index (χ3v) is 8.77. The second kappa shape index (κ2) is 8.08. The van der Waals surface area contributed by atoms with E-state index in [2.05, 4.69) is 32.7 Å². The van der Waals surface area contributed by atoms with Crippen LogP contribution in [0.15, 0.2) is 48.5 Å². The molecule has 2 aromatic rings. The van der Waals surface area contributed by atoms with Crippen LogP contribution in [-0.4, -0.2) is 30.0 Å². The normalized spacial score (nSPS) is 11.9. The van der Waals surface area contributed by atoms with Gasteiger partial charge in [0.25, 0.3) is 0 Å². The molecule has 0 aliphatic heterocycles. The van der Waals surface area contributed by atoms with Crippen molar-refractivity contribution < 1.29 is 18.3 Å². The minimum Gasteiger partial charge on any atom is -0.494 e. The minimum absolute atomic E-state index is 0.610. The number of hydrogen-bond donors (Lipinski definition) is 0. The summed E-state index contributed by atoms with van der Waals surface area (Å²) in [7, 11) is -1.79. The van der Waals surface area contributed by atoms with E-state index in [0.717, 1.165) is 11.5 Å². The second-order valence-electron chi connectivity index (χ2n) is 7.49. The van der Waals surface area contributed by atoms with E-state index in [0.29, 0.717) is 17.7 Å². The van der Waals surface area contributed by atoms with Crippen LogP contribution in [0.25, 0.3) is 0 Å². The summed E-state index contributed by atoms with van der Waals surface area (Å²) in [5.41, 5.74) is 0. The van der Waals surface area contributed by atoms with Gasteiger partial charge in [-0.2, -0.15) is 0 Å². The Morgan fingerprint density at radius 3 is 2.08 bits per heavy atom. The molecule has 0 aromatic heterocycles. The molecule has 0 saturated carbocycles. The van der Waals surface area contributed by atoms with E-state index >= 15 is 0 Å². The van der Waals surface area contributed by atoms with E-state index in [4.69, 9.17) is 18.3 Å².